The Morgan fingerprint density at radius 3 is 2.80 bits per heavy atom. The molecular weight excluding hydrogens is 194 g/mol. The molecule has 2 rings (SSSR count). The summed E-state index contributed by atoms with van der Waals surface area (Å²) in [5.41, 5.74) is 7.28. The Balaban J connectivity index is 2.29. The van der Waals surface area contributed by atoms with E-state index in [9.17, 15) is 0 Å². The van der Waals surface area contributed by atoms with Gasteiger partial charge in [0.2, 0.25) is 0 Å². The van der Waals surface area contributed by atoms with Gasteiger partial charge < -0.3 is 10.5 Å². The van der Waals surface area contributed by atoms with E-state index in [-0.39, 0.29) is 0 Å². The van der Waals surface area contributed by atoms with Crippen LogP contribution in [0.3, 0.4) is 0 Å². The lowest BCUT2D eigenvalue weighted by molar-refractivity contribution is 0.412. The molecule has 0 amide bonds. The predicted octanol–water partition coefficient (Wildman–Crippen LogP) is 0.893. The van der Waals surface area contributed by atoms with E-state index < -0.39 is 0 Å². The van der Waals surface area contributed by atoms with Gasteiger partial charge in [0, 0.05) is 12.7 Å². The first-order chi connectivity index (χ1) is 7.16. The Bertz CT molecular complexity index is 479. The molecule has 0 fully saturated rings. The maximum absolute atomic E-state index is 5.63. The van der Waals surface area contributed by atoms with E-state index in [1.807, 2.05) is 13.0 Å². The van der Waals surface area contributed by atoms with Crippen LogP contribution in [0, 0.1) is 6.92 Å². The maximum Gasteiger partial charge on any atom is 0.340 e. The molecule has 6 heteroatoms. The number of nitrogens with two attached hydrogens (primary N) is 1. The SMILES string of the molecule is Cc1cc(N)ccc1Oc1nnnn1C. The van der Waals surface area contributed by atoms with Crippen LogP contribution >= 0.6 is 0 Å². The van der Waals surface area contributed by atoms with Crippen molar-refractivity contribution in [2.75, 3.05) is 5.73 Å². The van der Waals surface area contributed by atoms with Crippen molar-refractivity contribution in [2.45, 2.75) is 6.92 Å². The summed E-state index contributed by atoms with van der Waals surface area (Å²) in [6.45, 7) is 1.91. The lowest BCUT2D eigenvalue weighted by Crippen LogP contribution is -1.97. The summed E-state index contributed by atoms with van der Waals surface area (Å²) < 4.78 is 6.96. The minimum absolute atomic E-state index is 0.350. The third-order valence-corrected chi connectivity index (χ3v) is 1.98. The standard InChI is InChI=1S/C9H11N5O/c1-6-5-7(10)3-4-8(6)15-9-11-12-13-14(9)2/h3-5H,10H2,1-2H3. The summed E-state index contributed by atoms with van der Waals surface area (Å²) in [5, 5.41) is 10.9. The molecule has 1 heterocycles. The number of benzene rings is 1. The van der Waals surface area contributed by atoms with E-state index in [4.69, 9.17) is 10.5 Å². The van der Waals surface area contributed by atoms with Crippen LogP contribution in [0.1, 0.15) is 5.56 Å². The van der Waals surface area contributed by atoms with Gasteiger partial charge in [0.05, 0.1) is 0 Å². The second kappa shape index (κ2) is 3.56. The van der Waals surface area contributed by atoms with E-state index in [0.717, 1.165) is 5.56 Å². The first kappa shape index (κ1) is 9.45. The molecule has 0 radical (unpaired) electrons. The van der Waals surface area contributed by atoms with Crippen LogP contribution in [0.25, 0.3) is 0 Å². The fourth-order valence-corrected chi connectivity index (χ4v) is 1.19. The number of aromatic nitrogens is 4. The highest BCUT2D eigenvalue weighted by Crippen LogP contribution is 2.24. The molecule has 1 aromatic heterocycles. The Hall–Kier alpha value is -2.11. The highest BCUT2D eigenvalue weighted by molar-refractivity contribution is 5.47. The number of nitrogen functional groups attached to an aromatic ring is 1. The topological polar surface area (TPSA) is 78.8 Å². The summed E-state index contributed by atoms with van der Waals surface area (Å²) >= 11 is 0. The van der Waals surface area contributed by atoms with E-state index >= 15 is 0 Å². The Kier molecular flexibility index (Phi) is 2.24. The zero-order chi connectivity index (χ0) is 10.8. The largest absolute Gasteiger partial charge is 0.423 e. The van der Waals surface area contributed by atoms with Gasteiger partial charge in [-0.05, 0) is 41.1 Å². The number of nitrogens with zero attached hydrogens (tertiary/aromatic N) is 4. The number of ether oxygens (including phenoxy) is 1. The quantitative estimate of drug-likeness (QED) is 0.736. The Morgan fingerprint density at radius 2 is 2.20 bits per heavy atom. The molecule has 0 unspecified atom stereocenters. The van der Waals surface area contributed by atoms with Crippen LogP contribution in [0.5, 0.6) is 11.8 Å². The lowest BCUT2D eigenvalue weighted by atomic mass is 10.2. The number of tetrazole rings is 1. The average Bonchev–Trinajstić information content (AvgIpc) is 2.57. The molecule has 0 saturated heterocycles. The molecule has 0 spiro atoms. The van der Waals surface area contributed by atoms with Crippen LogP contribution in [-0.2, 0) is 7.05 Å². The fourth-order valence-electron chi connectivity index (χ4n) is 1.19. The van der Waals surface area contributed by atoms with Gasteiger partial charge in [-0.25, -0.2) is 0 Å². The summed E-state index contributed by atoms with van der Waals surface area (Å²) in [6, 6.07) is 5.74. The molecule has 0 aliphatic heterocycles. The molecule has 0 aliphatic rings. The van der Waals surface area contributed by atoms with Gasteiger partial charge in [0.25, 0.3) is 0 Å². The fraction of sp³-hybridized carbons (Fsp3) is 0.222. The van der Waals surface area contributed by atoms with Crippen molar-refractivity contribution < 1.29 is 4.74 Å². The number of aryl methyl sites for hydroxylation is 2. The number of hydrogen-bond acceptors (Lipinski definition) is 5. The van der Waals surface area contributed by atoms with Crippen molar-refractivity contribution in [3.63, 3.8) is 0 Å². The first-order valence-electron chi connectivity index (χ1n) is 4.43. The maximum atomic E-state index is 5.63. The second-order valence-corrected chi connectivity index (χ2v) is 3.21. The molecule has 1 aromatic carbocycles. The molecular formula is C9H11N5O. The van der Waals surface area contributed by atoms with Gasteiger partial charge in [-0.3, -0.25) is 0 Å². The van der Waals surface area contributed by atoms with Gasteiger partial charge in [-0.2, -0.15) is 4.68 Å². The van der Waals surface area contributed by atoms with Crippen LogP contribution in [0.15, 0.2) is 18.2 Å². The first-order valence-corrected chi connectivity index (χ1v) is 4.43. The summed E-state index contributed by atoms with van der Waals surface area (Å²) in [5.74, 6) is 0.696. The second-order valence-electron chi connectivity index (χ2n) is 3.21. The monoisotopic (exact) mass is 205 g/mol. The predicted molar refractivity (Wildman–Crippen MR) is 54.5 cm³/mol. The average molecular weight is 205 g/mol. The van der Waals surface area contributed by atoms with Crippen molar-refractivity contribution in [1.29, 1.82) is 0 Å². The van der Waals surface area contributed by atoms with E-state index in [0.29, 0.717) is 17.4 Å². The molecule has 0 atom stereocenters. The van der Waals surface area contributed by atoms with E-state index in [1.54, 1.807) is 19.2 Å². The van der Waals surface area contributed by atoms with Crippen LogP contribution in [-0.4, -0.2) is 20.2 Å². The third-order valence-electron chi connectivity index (χ3n) is 1.98. The lowest BCUT2D eigenvalue weighted by Gasteiger charge is -2.06. The minimum Gasteiger partial charge on any atom is -0.423 e. The van der Waals surface area contributed by atoms with Gasteiger partial charge in [-0.1, -0.05) is 5.10 Å². The molecule has 2 N–H and O–H groups in total. The van der Waals surface area contributed by atoms with Crippen LogP contribution < -0.4 is 10.5 Å². The third kappa shape index (κ3) is 1.88. The van der Waals surface area contributed by atoms with Crippen LogP contribution in [0.2, 0.25) is 0 Å². The minimum atomic E-state index is 0.350. The van der Waals surface area contributed by atoms with Crippen molar-refractivity contribution in [1.82, 2.24) is 20.2 Å². The molecule has 0 saturated carbocycles. The summed E-state index contributed by atoms with van der Waals surface area (Å²) in [7, 11) is 1.71. The van der Waals surface area contributed by atoms with Gasteiger partial charge in [-0.15, -0.1) is 0 Å². The smallest absolute Gasteiger partial charge is 0.340 e. The van der Waals surface area contributed by atoms with Gasteiger partial charge >= 0.3 is 6.01 Å². The summed E-state index contributed by atoms with van der Waals surface area (Å²) in [4.78, 5) is 0. The van der Waals surface area contributed by atoms with Crippen molar-refractivity contribution in [3.05, 3.63) is 23.8 Å². The molecule has 78 valence electrons. The zero-order valence-corrected chi connectivity index (χ0v) is 8.51. The molecule has 15 heavy (non-hydrogen) atoms. The highest BCUT2D eigenvalue weighted by Gasteiger charge is 2.06. The number of rotatable bonds is 2. The van der Waals surface area contributed by atoms with Gasteiger partial charge in [0.15, 0.2) is 0 Å². The van der Waals surface area contributed by atoms with Crippen LogP contribution in [0.4, 0.5) is 5.69 Å². The van der Waals surface area contributed by atoms with E-state index in [1.165, 1.54) is 4.68 Å². The number of anilines is 1. The molecule has 6 nitrogen and oxygen atoms in total. The van der Waals surface area contributed by atoms with Crippen molar-refractivity contribution in [3.8, 4) is 11.8 Å². The zero-order valence-electron chi connectivity index (χ0n) is 8.51. The molecule has 2 aromatic rings. The van der Waals surface area contributed by atoms with Crippen molar-refractivity contribution in [2.24, 2.45) is 7.05 Å². The Morgan fingerprint density at radius 1 is 1.40 bits per heavy atom. The Labute approximate surface area is 86.7 Å². The number of hydrogen-bond donors (Lipinski definition) is 1. The highest BCUT2D eigenvalue weighted by atomic mass is 16.5. The van der Waals surface area contributed by atoms with Crippen molar-refractivity contribution >= 4 is 5.69 Å². The molecule has 0 aliphatic carbocycles. The molecule has 0 bridgehead atoms. The summed E-state index contributed by atoms with van der Waals surface area (Å²) in [6.07, 6.45) is 0. The van der Waals surface area contributed by atoms with E-state index in [2.05, 4.69) is 15.5 Å². The van der Waals surface area contributed by atoms with Gasteiger partial charge in [0.1, 0.15) is 5.75 Å². The normalized spacial score (nSPS) is 10.3.